The third-order valence-corrected chi connectivity index (χ3v) is 4.33. The lowest BCUT2D eigenvalue weighted by molar-refractivity contribution is -0.384. The van der Waals surface area contributed by atoms with Gasteiger partial charge in [0.2, 0.25) is 5.91 Å². The van der Waals surface area contributed by atoms with Crippen LogP contribution in [-0.2, 0) is 9.53 Å². The molecule has 1 aromatic carbocycles. The number of nitro benzene ring substituents is 1. The summed E-state index contributed by atoms with van der Waals surface area (Å²) in [5.41, 5.74) is 0.0568. The number of morpholine rings is 1. The van der Waals surface area contributed by atoms with E-state index in [2.05, 4.69) is 0 Å². The molecular formula is C14H18N2O4S. The lowest BCUT2D eigenvalue weighted by atomic mass is 10.2. The molecule has 0 radical (unpaired) electrons. The summed E-state index contributed by atoms with van der Waals surface area (Å²) in [5.74, 6) is 0.399. The van der Waals surface area contributed by atoms with Crippen LogP contribution in [0.4, 0.5) is 5.69 Å². The van der Waals surface area contributed by atoms with Crippen molar-refractivity contribution in [2.24, 2.45) is 0 Å². The Hall–Kier alpha value is -1.60. The fourth-order valence-electron chi connectivity index (χ4n) is 2.14. The Labute approximate surface area is 127 Å². The van der Waals surface area contributed by atoms with Crippen LogP contribution in [-0.4, -0.2) is 46.8 Å². The van der Waals surface area contributed by atoms with Crippen LogP contribution in [0.1, 0.15) is 13.8 Å². The Kier molecular flexibility index (Phi) is 5.19. The molecule has 0 N–H and O–H groups in total. The first-order valence-corrected chi connectivity index (χ1v) is 7.74. The molecule has 0 unspecified atom stereocenters. The minimum atomic E-state index is -0.434. The molecule has 7 heteroatoms. The van der Waals surface area contributed by atoms with Crippen LogP contribution < -0.4 is 0 Å². The Morgan fingerprint density at radius 1 is 1.43 bits per heavy atom. The van der Waals surface area contributed by atoms with Gasteiger partial charge in [-0.1, -0.05) is 0 Å². The third-order valence-electron chi connectivity index (χ3n) is 3.34. The number of nitrogens with zero attached hydrogens (tertiary/aromatic N) is 2. The van der Waals surface area contributed by atoms with E-state index in [0.29, 0.717) is 18.9 Å². The molecule has 0 aliphatic carbocycles. The van der Waals surface area contributed by atoms with Crippen LogP contribution in [0.2, 0.25) is 0 Å². The molecule has 1 aromatic rings. The van der Waals surface area contributed by atoms with E-state index < -0.39 is 4.92 Å². The zero-order valence-corrected chi connectivity index (χ0v) is 12.8. The second-order valence-electron chi connectivity index (χ2n) is 5.08. The summed E-state index contributed by atoms with van der Waals surface area (Å²) in [6.45, 7) is 5.10. The van der Waals surface area contributed by atoms with Gasteiger partial charge in [0.15, 0.2) is 0 Å². The summed E-state index contributed by atoms with van der Waals surface area (Å²) in [4.78, 5) is 25.1. The highest BCUT2D eigenvalue weighted by atomic mass is 32.2. The van der Waals surface area contributed by atoms with Crippen LogP contribution in [0.15, 0.2) is 29.2 Å². The summed E-state index contributed by atoms with van der Waals surface area (Å²) in [6.07, 6.45) is 0.0644. The molecule has 0 saturated carbocycles. The Bertz CT molecular complexity index is 520. The molecule has 1 fully saturated rings. The average Bonchev–Trinajstić information content (AvgIpc) is 2.47. The number of hydrogen-bond donors (Lipinski definition) is 0. The van der Waals surface area contributed by atoms with Gasteiger partial charge in [-0.3, -0.25) is 14.9 Å². The van der Waals surface area contributed by atoms with Gasteiger partial charge in [0, 0.05) is 23.6 Å². The van der Waals surface area contributed by atoms with Crippen molar-refractivity contribution in [3.63, 3.8) is 0 Å². The lowest BCUT2D eigenvalue weighted by Crippen LogP contribution is -2.50. The summed E-state index contributed by atoms with van der Waals surface area (Å²) >= 11 is 1.39. The van der Waals surface area contributed by atoms with Gasteiger partial charge in [-0.15, -0.1) is 11.8 Å². The first-order valence-electron chi connectivity index (χ1n) is 6.75. The van der Waals surface area contributed by atoms with Gasteiger partial charge in [0.05, 0.1) is 29.4 Å². The molecule has 6 nitrogen and oxygen atoms in total. The fourth-order valence-corrected chi connectivity index (χ4v) is 2.93. The summed E-state index contributed by atoms with van der Waals surface area (Å²) in [7, 11) is 0. The average molecular weight is 310 g/mol. The minimum absolute atomic E-state index is 0.0568. The molecule has 1 amide bonds. The summed E-state index contributed by atoms with van der Waals surface area (Å²) < 4.78 is 5.50. The van der Waals surface area contributed by atoms with E-state index in [1.54, 1.807) is 12.1 Å². The number of ether oxygens (including phenoxy) is 1. The molecule has 0 spiro atoms. The van der Waals surface area contributed by atoms with Gasteiger partial charge >= 0.3 is 0 Å². The molecule has 0 bridgehead atoms. The van der Waals surface area contributed by atoms with Crippen LogP contribution in [0, 0.1) is 10.1 Å². The predicted molar refractivity (Wildman–Crippen MR) is 80.4 cm³/mol. The van der Waals surface area contributed by atoms with Crippen molar-refractivity contribution in [2.75, 3.05) is 18.9 Å². The number of hydrogen-bond acceptors (Lipinski definition) is 5. The molecule has 114 valence electrons. The Morgan fingerprint density at radius 3 is 2.71 bits per heavy atom. The molecule has 1 heterocycles. The van der Waals surface area contributed by atoms with E-state index in [1.165, 1.54) is 23.9 Å². The van der Waals surface area contributed by atoms with Crippen molar-refractivity contribution in [3.8, 4) is 0 Å². The molecule has 1 saturated heterocycles. The fraction of sp³-hybridized carbons (Fsp3) is 0.500. The van der Waals surface area contributed by atoms with Gasteiger partial charge in [0.1, 0.15) is 0 Å². The molecule has 0 aromatic heterocycles. The molecule has 1 aliphatic heterocycles. The van der Waals surface area contributed by atoms with Crippen molar-refractivity contribution in [1.29, 1.82) is 0 Å². The number of amides is 1. The zero-order chi connectivity index (χ0) is 15.4. The molecule has 21 heavy (non-hydrogen) atoms. The largest absolute Gasteiger partial charge is 0.375 e. The highest BCUT2D eigenvalue weighted by molar-refractivity contribution is 8.00. The molecule has 2 atom stereocenters. The second kappa shape index (κ2) is 6.91. The van der Waals surface area contributed by atoms with E-state index in [0.717, 1.165) is 4.90 Å². The standard InChI is InChI=1S/C14H18N2O4S/c1-10-8-20-11(2)7-15(10)14(17)9-21-13-5-3-12(4-6-13)16(18)19/h3-6,10-11H,7-9H2,1-2H3/t10-,11+/m1/s1. The summed E-state index contributed by atoms with van der Waals surface area (Å²) in [5, 5.41) is 10.6. The SMILES string of the molecule is C[C@@H]1CO[C@@H](C)CN1C(=O)CSc1ccc([N+](=O)[O-])cc1. The van der Waals surface area contributed by atoms with E-state index in [9.17, 15) is 14.9 Å². The van der Waals surface area contributed by atoms with Crippen molar-refractivity contribution in [1.82, 2.24) is 4.90 Å². The van der Waals surface area contributed by atoms with Gasteiger partial charge in [-0.05, 0) is 26.0 Å². The van der Waals surface area contributed by atoms with E-state index >= 15 is 0 Å². The van der Waals surface area contributed by atoms with Crippen molar-refractivity contribution in [3.05, 3.63) is 34.4 Å². The highest BCUT2D eigenvalue weighted by Crippen LogP contribution is 2.22. The summed E-state index contributed by atoms with van der Waals surface area (Å²) in [6, 6.07) is 6.33. The third kappa shape index (κ3) is 4.18. The van der Waals surface area contributed by atoms with Crippen molar-refractivity contribution >= 4 is 23.4 Å². The first kappa shape index (κ1) is 15.8. The number of benzene rings is 1. The number of rotatable bonds is 4. The van der Waals surface area contributed by atoms with E-state index in [-0.39, 0.29) is 23.7 Å². The van der Waals surface area contributed by atoms with Crippen molar-refractivity contribution < 1.29 is 14.5 Å². The maximum atomic E-state index is 12.2. The van der Waals surface area contributed by atoms with Crippen LogP contribution in [0.5, 0.6) is 0 Å². The van der Waals surface area contributed by atoms with Crippen LogP contribution in [0.3, 0.4) is 0 Å². The number of non-ortho nitro benzene ring substituents is 1. The maximum Gasteiger partial charge on any atom is 0.269 e. The monoisotopic (exact) mass is 310 g/mol. The predicted octanol–water partition coefficient (Wildman–Crippen LogP) is 2.32. The first-order chi connectivity index (χ1) is 9.97. The second-order valence-corrected chi connectivity index (χ2v) is 6.13. The maximum absolute atomic E-state index is 12.2. The number of nitro groups is 1. The number of thioether (sulfide) groups is 1. The van der Waals surface area contributed by atoms with Gasteiger partial charge in [0.25, 0.3) is 5.69 Å². The van der Waals surface area contributed by atoms with Gasteiger partial charge in [-0.25, -0.2) is 0 Å². The molecule has 1 aliphatic rings. The normalized spacial score (nSPS) is 22.1. The van der Waals surface area contributed by atoms with E-state index in [1.807, 2.05) is 18.7 Å². The van der Waals surface area contributed by atoms with Crippen molar-refractivity contribution in [2.45, 2.75) is 30.9 Å². The minimum Gasteiger partial charge on any atom is -0.375 e. The highest BCUT2D eigenvalue weighted by Gasteiger charge is 2.27. The van der Waals surface area contributed by atoms with Gasteiger partial charge in [-0.2, -0.15) is 0 Å². The number of carbonyl (C=O) groups is 1. The zero-order valence-electron chi connectivity index (χ0n) is 12.0. The molecular weight excluding hydrogens is 292 g/mol. The van der Waals surface area contributed by atoms with Crippen LogP contribution in [0.25, 0.3) is 0 Å². The molecule has 2 rings (SSSR count). The van der Waals surface area contributed by atoms with Gasteiger partial charge < -0.3 is 9.64 Å². The van der Waals surface area contributed by atoms with E-state index in [4.69, 9.17) is 4.74 Å². The Balaban J connectivity index is 1.89. The smallest absolute Gasteiger partial charge is 0.269 e. The topological polar surface area (TPSA) is 72.7 Å². The lowest BCUT2D eigenvalue weighted by Gasteiger charge is -2.36. The Morgan fingerprint density at radius 2 is 2.10 bits per heavy atom. The quantitative estimate of drug-likeness (QED) is 0.485. The number of carbonyl (C=O) groups excluding carboxylic acids is 1. The van der Waals surface area contributed by atoms with Crippen LogP contribution >= 0.6 is 11.8 Å².